The van der Waals surface area contributed by atoms with Gasteiger partial charge in [0.25, 0.3) is 0 Å². The summed E-state index contributed by atoms with van der Waals surface area (Å²) in [5, 5.41) is 8.26. The van der Waals surface area contributed by atoms with Crippen LogP contribution < -0.4 is 10.6 Å². The van der Waals surface area contributed by atoms with E-state index in [0.29, 0.717) is 6.54 Å². The van der Waals surface area contributed by atoms with Crippen molar-refractivity contribution in [3.63, 3.8) is 0 Å². The second kappa shape index (κ2) is 5.14. The van der Waals surface area contributed by atoms with E-state index in [2.05, 4.69) is 42.2 Å². The molecule has 1 heterocycles. The zero-order valence-electron chi connectivity index (χ0n) is 11.0. The predicted molar refractivity (Wildman–Crippen MR) is 73.9 cm³/mol. The summed E-state index contributed by atoms with van der Waals surface area (Å²) in [5.41, 5.74) is 9.93. The highest BCUT2D eigenvalue weighted by atomic mass is 15.2. The minimum absolute atomic E-state index is 0.417. The highest BCUT2D eigenvalue weighted by Crippen LogP contribution is 2.25. The van der Waals surface area contributed by atoms with Crippen LogP contribution in [0.4, 0.5) is 11.5 Å². The van der Waals surface area contributed by atoms with E-state index in [0.717, 1.165) is 17.2 Å². The van der Waals surface area contributed by atoms with Gasteiger partial charge >= 0.3 is 0 Å². The topological polar surface area (TPSA) is 55.0 Å². The van der Waals surface area contributed by atoms with E-state index >= 15 is 0 Å². The van der Waals surface area contributed by atoms with Crippen molar-refractivity contribution in [2.45, 2.75) is 20.4 Å². The van der Waals surface area contributed by atoms with Gasteiger partial charge in [0, 0.05) is 19.3 Å². The van der Waals surface area contributed by atoms with Gasteiger partial charge in [-0.05, 0) is 37.6 Å². The number of aromatic nitrogens is 2. The van der Waals surface area contributed by atoms with Crippen molar-refractivity contribution in [1.82, 2.24) is 10.2 Å². The summed E-state index contributed by atoms with van der Waals surface area (Å²) in [6.07, 6.45) is 0. The van der Waals surface area contributed by atoms with E-state index < -0.39 is 0 Å². The zero-order valence-corrected chi connectivity index (χ0v) is 11.0. The van der Waals surface area contributed by atoms with E-state index in [9.17, 15) is 0 Å². The van der Waals surface area contributed by atoms with Crippen molar-refractivity contribution in [3.8, 4) is 0 Å². The maximum absolute atomic E-state index is 5.51. The molecular weight excluding hydrogens is 224 g/mol. The smallest absolute Gasteiger partial charge is 0.155 e. The maximum Gasteiger partial charge on any atom is 0.155 e. The highest BCUT2D eigenvalue weighted by Gasteiger charge is 2.08. The lowest BCUT2D eigenvalue weighted by molar-refractivity contribution is 0.886. The summed E-state index contributed by atoms with van der Waals surface area (Å²) in [7, 11) is 1.99. The van der Waals surface area contributed by atoms with Gasteiger partial charge in [0.15, 0.2) is 5.82 Å². The van der Waals surface area contributed by atoms with Crippen molar-refractivity contribution in [2.24, 2.45) is 5.73 Å². The van der Waals surface area contributed by atoms with Crippen LogP contribution in [0.2, 0.25) is 0 Å². The molecule has 4 nitrogen and oxygen atoms in total. The van der Waals surface area contributed by atoms with E-state index in [4.69, 9.17) is 5.73 Å². The Morgan fingerprint density at radius 3 is 2.44 bits per heavy atom. The second-order valence-corrected chi connectivity index (χ2v) is 4.44. The Kier molecular flexibility index (Phi) is 3.58. The van der Waals surface area contributed by atoms with Crippen LogP contribution in [-0.4, -0.2) is 17.2 Å². The lowest BCUT2D eigenvalue weighted by Gasteiger charge is -2.20. The first kappa shape index (κ1) is 12.5. The molecule has 0 aliphatic rings. The Morgan fingerprint density at radius 2 is 1.89 bits per heavy atom. The third kappa shape index (κ3) is 2.49. The van der Waals surface area contributed by atoms with Gasteiger partial charge in [-0.3, -0.25) is 0 Å². The van der Waals surface area contributed by atoms with Crippen LogP contribution in [0.3, 0.4) is 0 Å². The van der Waals surface area contributed by atoms with Crippen molar-refractivity contribution < 1.29 is 0 Å². The molecule has 94 valence electrons. The first-order valence-corrected chi connectivity index (χ1v) is 5.95. The van der Waals surface area contributed by atoms with Crippen molar-refractivity contribution in [2.75, 3.05) is 11.9 Å². The van der Waals surface area contributed by atoms with Crippen LogP contribution in [0, 0.1) is 13.8 Å². The van der Waals surface area contributed by atoms with Crippen molar-refractivity contribution >= 4 is 11.5 Å². The molecule has 0 radical (unpaired) electrons. The third-order valence-electron chi connectivity index (χ3n) is 2.97. The van der Waals surface area contributed by atoms with Gasteiger partial charge in [-0.15, -0.1) is 5.10 Å². The number of nitrogens with zero attached hydrogens (tertiary/aromatic N) is 3. The first-order valence-electron chi connectivity index (χ1n) is 5.95. The third-order valence-corrected chi connectivity index (χ3v) is 2.97. The average molecular weight is 242 g/mol. The lowest BCUT2D eigenvalue weighted by atomic mass is 10.1. The van der Waals surface area contributed by atoms with Crippen molar-refractivity contribution in [3.05, 3.63) is 47.2 Å². The zero-order chi connectivity index (χ0) is 13.1. The summed E-state index contributed by atoms with van der Waals surface area (Å²) in [5.74, 6) is 0.819. The Bertz CT molecular complexity index is 534. The number of anilines is 2. The monoisotopic (exact) mass is 242 g/mol. The molecule has 0 aliphatic heterocycles. The fourth-order valence-electron chi connectivity index (χ4n) is 1.95. The molecule has 0 spiro atoms. The van der Waals surface area contributed by atoms with Gasteiger partial charge in [0.05, 0.1) is 5.69 Å². The average Bonchev–Trinajstić information content (AvgIpc) is 2.38. The fourth-order valence-corrected chi connectivity index (χ4v) is 1.95. The fraction of sp³-hybridized carbons (Fsp3) is 0.286. The second-order valence-electron chi connectivity index (χ2n) is 4.44. The van der Waals surface area contributed by atoms with Crippen LogP contribution in [0.5, 0.6) is 0 Å². The number of aryl methyl sites for hydroxylation is 2. The van der Waals surface area contributed by atoms with Crippen molar-refractivity contribution in [1.29, 1.82) is 0 Å². The summed E-state index contributed by atoms with van der Waals surface area (Å²) < 4.78 is 0. The Labute approximate surface area is 107 Å². The van der Waals surface area contributed by atoms with E-state index in [1.165, 1.54) is 11.1 Å². The van der Waals surface area contributed by atoms with Gasteiger partial charge in [0.1, 0.15) is 0 Å². The standard InChI is InChI=1S/C14H18N4/c1-10-4-6-13(11(2)8-10)18(3)14-7-5-12(9-15)16-17-14/h4-8H,9,15H2,1-3H3. The molecule has 2 aromatic rings. The molecular formula is C14H18N4. The Morgan fingerprint density at radius 1 is 1.11 bits per heavy atom. The molecule has 0 fully saturated rings. The normalized spacial score (nSPS) is 10.4. The molecule has 2 rings (SSSR count). The van der Waals surface area contributed by atoms with Crippen LogP contribution >= 0.6 is 0 Å². The summed E-state index contributed by atoms with van der Waals surface area (Å²) in [4.78, 5) is 2.03. The molecule has 1 aromatic carbocycles. The van der Waals surface area contributed by atoms with Gasteiger partial charge in [0.2, 0.25) is 0 Å². The van der Waals surface area contributed by atoms with E-state index in [-0.39, 0.29) is 0 Å². The van der Waals surface area contributed by atoms with Crippen LogP contribution in [0.1, 0.15) is 16.8 Å². The molecule has 0 saturated heterocycles. The van der Waals surface area contributed by atoms with E-state index in [1.54, 1.807) is 0 Å². The lowest BCUT2D eigenvalue weighted by Crippen LogP contribution is -2.14. The molecule has 2 N–H and O–H groups in total. The molecule has 0 unspecified atom stereocenters. The quantitative estimate of drug-likeness (QED) is 0.897. The summed E-state index contributed by atoms with van der Waals surface area (Å²) in [6.45, 7) is 4.60. The largest absolute Gasteiger partial charge is 0.328 e. The number of hydrogen-bond donors (Lipinski definition) is 1. The molecule has 0 atom stereocenters. The van der Waals surface area contributed by atoms with Crippen LogP contribution in [0.25, 0.3) is 0 Å². The minimum Gasteiger partial charge on any atom is -0.328 e. The predicted octanol–water partition coefficient (Wildman–Crippen LogP) is 2.32. The van der Waals surface area contributed by atoms with Crippen LogP contribution in [0.15, 0.2) is 30.3 Å². The minimum atomic E-state index is 0.417. The number of rotatable bonds is 3. The van der Waals surface area contributed by atoms with Gasteiger partial charge in [-0.25, -0.2) is 0 Å². The molecule has 18 heavy (non-hydrogen) atoms. The van der Waals surface area contributed by atoms with Gasteiger partial charge < -0.3 is 10.6 Å². The Hall–Kier alpha value is -1.94. The van der Waals surface area contributed by atoms with Crippen LogP contribution in [-0.2, 0) is 6.54 Å². The maximum atomic E-state index is 5.51. The first-order chi connectivity index (χ1) is 8.61. The molecule has 0 amide bonds. The Balaban J connectivity index is 2.31. The summed E-state index contributed by atoms with van der Waals surface area (Å²) in [6, 6.07) is 10.2. The molecule has 1 aromatic heterocycles. The van der Waals surface area contributed by atoms with Gasteiger partial charge in [-0.2, -0.15) is 5.10 Å². The SMILES string of the molecule is Cc1ccc(N(C)c2ccc(CN)nn2)c(C)c1. The van der Waals surface area contributed by atoms with Gasteiger partial charge in [-0.1, -0.05) is 17.7 Å². The molecule has 0 bridgehead atoms. The number of nitrogens with two attached hydrogens (primary N) is 1. The highest BCUT2D eigenvalue weighted by molar-refractivity contribution is 5.63. The molecule has 0 saturated carbocycles. The molecule has 0 aliphatic carbocycles. The number of benzene rings is 1. The number of hydrogen-bond acceptors (Lipinski definition) is 4. The van der Waals surface area contributed by atoms with E-state index in [1.807, 2.05) is 24.1 Å². The molecule has 4 heteroatoms. The summed E-state index contributed by atoms with van der Waals surface area (Å²) >= 11 is 0.